The smallest absolute Gasteiger partial charge is 0.238 e. The Morgan fingerprint density at radius 3 is 1.96 bits per heavy atom. The summed E-state index contributed by atoms with van der Waals surface area (Å²) >= 11 is 0. The minimum atomic E-state index is 0.106. The number of rotatable bonds is 6. The quantitative estimate of drug-likeness (QED) is 0.866. The molecule has 1 saturated heterocycles. The van der Waals surface area contributed by atoms with E-state index < -0.39 is 0 Å². The van der Waals surface area contributed by atoms with Gasteiger partial charge in [0, 0.05) is 31.9 Å². The second kappa shape index (κ2) is 8.63. The van der Waals surface area contributed by atoms with Gasteiger partial charge >= 0.3 is 0 Å². The van der Waals surface area contributed by atoms with Crippen LogP contribution in [0.1, 0.15) is 57.6 Å². The molecule has 1 aromatic rings. The van der Waals surface area contributed by atoms with Crippen LogP contribution in [0.15, 0.2) is 18.2 Å². The summed E-state index contributed by atoms with van der Waals surface area (Å²) in [4.78, 5) is 17.3. The van der Waals surface area contributed by atoms with Crippen LogP contribution in [-0.2, 0) is 4.79 Å². The molecule has 0 saturated carbocycles. The van der Waals surface area contributed by atoms with Crippen molar-refractivity contribution in [1.82, 2.24) is 9.80 Å². The average Bonchev–Trinajstić information content (AvgIpc) is 2.55. The van der Waals surface area contributed by atoms with Crippen LogP contribution in [-0.4, -0.2) is 55.0 Å². The highest BCUT2D eigenvalue weighted by Crippen LogP contribution is 2.32. The molecule has 2 rings (SSSR count). The Hall–Kier alpha value is -1.39. The van der Waals surface area contributed by atoms with Crippen molar-refractivity contribution in [2.75, 3.05) is 44.6 Å². The highest BCUT2D eigenvalue weighted by molar-refractivity contribution is 5.94. The summed E-state index contributed by atoms with van der Waals surface area (Å²) in [6, 6.07) is 6.36. The number of hydrogen-bond acceptors (Lipinski definition) is 3. The van der Waals surface area contributed by atoms with E-state index in [4.69, 9.17) is 0 Å². The third-order valence-electron chi connectivity index (χ3n) is 4.92. The SMILES string of the molecule is CCN1CCN(CC(=O)Nc2c(C(C)C)cccc2C(C)C)CC1. The van der Waals surface area contributed by atoms with Gasteiger partial charge in [0.2, 0.25) is 5.91 Å². The van der Waals surface area contributed by atoms with E-state index in [1.54, 1.807) is 0 Å². The van der Waals surface area contributed by atoms with Crippen LogP contribution in [0.4, 0.5) is 5.69 Å². The van der Waals surface area contributed by atoms with Crippen LogP contribution in [0.2, 0.25) is 0 Å². The van der Waals surface area contributed by atoms with Crippen LogP contribution in [0.3, 0.4) is 0 Å². The summed E-state index contributed by atoms with van der Waals surface area (Å²) in [5.41, 5.74) is 3.48. The van der Waals surface area contributed by atoms with E-state index in [0.29, 0.717) is 18.4 Å². The molecule has 1 heterocycles. The first-order valence-electron chi connectivity index (χ1n) is 9.29. The van der Waals surface area contributed by atoms with Gasteiger partial charge in [-0.3, -0.25) is 9.69 Å². The number of hydrogen-bond donors (Lipinski definition) is 1. The maximum atomic E-state index is 12.6. The number of nitrogens with one attached hydrogen (secondary N) is 1. The predicted octanol–water partition coefficient (Wildman–Crippen LogP) is 3.51. The Morgan fingerprint density at radius 2 is 1.50 bits per heavy atom. The largest absolute Gasteiger partial charge is 0.324 e. The van der Waals surface area contributed by atoms with Gasteiger partial charge in [0.15, 0.2) is 0 Å². The molecular weight excluding hydrogens is 298 g/mol. The van der Waals surface area contributed by atoms with Crippen molar-refractivity contribution in [3.8, 4) is 0 Å². The van der Waals surface area contributed by atoms with Gasteiger partial charge in [-0.05, 0) is 29.5 Å². The molecule has 1 N–H and O–H groups in total. The number of nitrogens with zero attached hydrogens (tertiary/aromatic N) is 2. The minimum Gasteiger partial charge on any atom is -0.324 e. The van der Waals surface area contributed by atoms with Crippen molar-refractivity contribution in [3.63, 3.8) is 0 Å². The summed E-state index contributed by atoms with van der Waals surface area (Å²) in [7, 11) is 0. The fourth-order valence-electron chi connectivity index (χ4n) is 3.34. The number of amides is 1. The van der Waals surface area contributed by atoms with Gasteiger partial charge in [-0.15, -0.1) is 0 Å². The van der Waals surface area contributed by atoms with Crippen molar-refractivity contribution >= 4 is 11.6 Å². The molecule has 134 valence electrons. The molecule has 0 unspecified atom stereocenters. The Balaban J connectivity index is 2.06. The normalized spacial score (nSPS) is 16.8. The number of carbonyl (C=O) groups excluding carboxylic acids is 1. The number of benzene rings is 1. The molecule has 0 aromatic heterocycles. The van der Waals surface area contributed by atoms with Crippen molar-refractivity contribution in [2.24, 2.45) is 0 Å². The first kappa shape index (κ1) is 18.9. The molecule has 4 heteroatoms. The molecule has 4 nitrogen and oxygen atoms in total. The third kappa shape index (κ3) is 4.81. The van der Waals surface area contributed by atoms with Crippen LogP contribution < -0.4 is 5.32 Å². The lowest BCUT2D eigenvalue weighted by molar-refractivity contribution is -0.117. The third-order valence-corrected chi connectivity index (χ3v) is 4.92. The zero-order valence-corrected chi connectivity index (χ0v) is 15.9. The first-order chi connectivity index (χ1) is 11.4. The highest BCUT2D eigenvalue weighted by Gasteiger charge is 2.20. The van der Waals surface area contributed by atoms with Crippen LogP contribution in [0.5, 0.6) is 0 Å². The molecule has 1 fully saturated rings. The van der Waals surface area contributed by atoms with Gasteiger partial charge in [-0.25, -0.2) is 0 Å². The van der Waals surface area contributed by atoms with Gasteiger partial charge in [0.1, 0.15) is 0 Å². The summed E-state index contributed by atoms with van der Waals surface area (Å²) in [6.45, 7) is 16.6. The first-order valence-corrected chi connectivity index (χ1v) is 9.29. The van der Waals surface area contributed by atoms with E-state index in [1.165, 1.54) is 11.1 Å². The Bertz CT molecular complexity index is 520. The lowest BCUT2D eigenvalue weighted by Crippen LogP contribution is -2.48. The Morgan fingerprint density at radius 1 is 1.00 bits per heavy atom. The zero-order valence-electron chi connectivity index (χ0n) is 15.9. The van der Waals surface area contributed by atoms with E-state index in [-0.39, 0.29) is 5.91 Å². The van der Waals surface area contributed by atoms with E-state index in [2.05, 4.69) is 67.9 Å². The van der Waals surface area contributed by atoms with E-state index in [1.807, 2.05) is 0 Å². The maximum absolute atomic E-state index is 12.6. The highest BCUT2D eigenvalue weighted by atomic mass is 16.2. The van der Waals surface area contributed by atoms with E-state index in [9.17, 15) is 4.79 Å². The van der Waals surface area contributed by atoms with Crippen LogP contribution in [0, 0.1) is 0 Å². The minimum absolute atomic E-state index is 0.106. The summed E-state index contributed by atoms with van der Waals surface area (Å²) in [5.74, 6) is 0.897. The lowest BCUT2D eigenvalue weighted by atomic mass is 9.92. The van der Waals surface area contributed by atoms with Crippen molar-refractivity contribution in [3.05, 3.63) is 29.3 Å². The summed E-state index contributed by atoms with van der Waals surface area (Å²) in [5, 5.41) is 3.22. The molecule has 0 spiro atoms. The number of carbonyl (C=O) groups is 1. The second-order valence-corrected chi connectivity index (χ2v) is 7.38. The zero-order chi connectivity index (χ0) is 17.7. The molecule has 0 radical (unpaired) electrons. The Labute approximate surface area is 147 Å². The molecule has 1 aliphatic rings. The molecule has 24 heavy (non-hydrogen) atoms. The molecular formula is C20H33N3O. The predicted molar refractivity (Wildman–Crippen MR) is 102 cm³/mol. The van der Waals surface area contributed by atoms with Gasteiger partial charge in [-0.2, -0.15) is 0 Å². The summed E-state index contributed by atoms with van der Waals surface area (Å²) < 4.78 is 0. The number of para-hydroxylation sites is 1. The fourth-order valence-corrected chi connectivity index (χ4v) is 3.34. The fraction of sp³-hybridized carbons (Fsp3) is 0.650. The van der Waals surface area contributed by atoms with Gasteiger partial charge in [-0.1, -0.05) is 52.8 Å². The topological polar surface area (TPSA) is 35.6 Å². The summed E-state index contributed by atoms with van der Waals surface area (Å²) in [6.07, 6.45) is 0. The van der Waals surface area contributed by atoms with Crippen molar-refractivity contribution in [2.45, 2.75) is 46.5 Å². The molecule has 0 atom stereocenters. The lowest BCUT2D eigenvalue weighted by Gasteiger charge is -2.33. The van der Waals surface area contributed by atoms with Crippen molar-refractivity contribution in [1.29, 1.82) is 0 Å². The number of likely N-dealkylation sites (N-methyl/N-ethyl adjacent to an activating group) is 1. The van der Waals surface area contributed by atoms with E-state index >= 15 is 0 Å². The number of anilines is 1. The Kier molecular flexibility index (Phi) is 6.81. The molecule has 1 amide bonds. The molecule has 1 aromatic carbocycles. The second-order valence-electron chi connectivity index (χ2n) is 7.38. The standard InChI is InChI=1S/C20H33N3O/c1-6-22-10-12-23(13-11-22)14-19(24)21-20-17(15(2)3)8-7-9-18(20)16(4)5/h7-9,15-16H,6,10-14H2,1-5H3,(H,21,24). The van der Waals surface area contributed by atoms with E-state index in [0.717, 1.165) is 38.4 Å². The maximum Gasteiger partial charge on any atom is 0.238 e. The average molecular weight is 332 g/mol. The monoisotopic (exact) mass is 331 g/mol. The molecule has 1 aliphatic heterocycles. The molecule has 0 aliphatic carbocycles. The van der Waals surface area contributed by atoms with Gasteiger partial charge in [0.25, 0.3) is 0 Å². The molecule has 0 bridgehead atoms. The van der Waals surface area contributed by atoms with Crippen LogP contribution >= 0.6 is 0 Å². The van der Waals surface area contributed by atoms with Crippen molar-refractivity contribution < 1.29 is 4.79 Å². The van der Waals surface area contributed by atoms with Gasteiger partial charge in [0.05, 0.1) is 6.54 Å². The van der Waals surface area contributed by atoms with Gasteiger partial charge < -0.3 is 10.2 Å². The number of piperazine rings is 1. The van der Waals surface area contributed by atoms with Crippen LogP contribution in [0.25, 0.3) is 0 Å².